The standard InChI is InChI=1S/C21H27N3O4S3/c1-13-5-7-17-16(10-13)11-18(30-17)21(26)23-22-20(25)15-4-3-9-24(12-15)31(27,28)19-8-6-14(2)29-19/h6,8,11,13,15H,3-5,7,9-10,12H2,1-2H3,(H,22,25)(H,23,26)/t13-,15+/m0/s1. The van der Waals surface area contributed by atoms with E-state index < -0.39 is 15.9 Å². The van der Waals surface area contributed by atoms with Gasteiger partial charge < -0.3 is 0 Å². The first-order valence-electron chi connectivity index (χ1n) is 10.5. The Morgan fingerprint density at radius 3 is 2.71 bits per heavy atom. The smallest absolute Gasteiger partial charge is 0.273 e. The number of nitrogens with one attached hydrogen (secondary N) is 2. The van der Waals surface area contributed by atoms with Gasteiger partial charge in [-0.3, -0.25) is 20.4 Å². The highest BCUT2D eigenvalue weighted by molar-refractivity contribution is 7.91. The van der Waals surface area contributed by atoms with Crippen LogP contribution in [0.4, 0.5) is 0 Å². The summed E-state index contributed by atoms with van der Waals surface area (Å²) >= 11 is 2.72. The largest absolute Gasteiger partial charge is 0.279 e. The van der Waals surface area contributed by atoms with E-state index in [4.69, 9.17) is 0 Å². The predicted octanol–water partition coefficient (Wildman–Crippen LogP) is 3.10. The average Bonchev–Trinajstić information content (AvgIpc) is 3.38. The minimum absolute atomic E-state index is 0.117. The van der Waals surface area contributed by atoms with Crippen molar-refractivity contribution in [3.63, 3.8) is 0 Å². The maximum atomic E-state index is 12.9. The molecule has 3 heterocycles. The van der Waals surface area contributed by atoms with Gasteiger partial charge in [-0.15, -0.1) is 22.7 Å². The first kappa shape index (κ1) is 22.4. The number of sulfonamides is 1. The van der Waals surface area contributed by atoms with Gasteiger partial charge in [-0.2, -0.15) is 4.31 Å². The van der Waals surface area contributed by atoms with Crippen molar-refractivity contribution >= 4 is 44.5 Å². The Balaban J connectivity index is 1.35. The molecule has 1 saturated heterocycles. The van der Waals surface area contributed by atoms with E-state index >= 15 is 0 Å². The first-order chi connectivity index (χ1) is 14.7. The van der Waals surface area contributed by atoms with Gasteiger partial charge in [0.25, 0.3) is 15.9 Å². The van der Waals surface area contributed by atoms with Crippen molar-refractivity contribution in [2.45, 2.75) is 50.2 Å². The molecule has 4 rings (SSSR count). The third kappa shape index (κ3) is 4.87. The van der Waals surface area contributed by atoms with Gasteiger partial charge in [-0.05, 0) is 68.7 Å². The highest BCUT2D eigenvalue weighted by atomic mass is 32.2. The van der Waals surface area contributed by atoms with Crippen LogP contribution in [0.15, 0.2) is 22.4 Å². The minimum atomic E-state index is -3.60. The third-order valence-electron chi connectivity index (χ3n) is 5.92. The average molecular weight is 482 g/mol. The number of thiophene rings is 2. The Bertz CT molecular complexity index is 1090. The van der Waals surface area contributed by atoms with Gasteiger partial charge in [-0.1, -0.05) is 6.92 Å². The van der Waals surface area contributed by atoms with Gasteiger partial charge >= 0.3 is 0 Å². The van der Waals surface area contributed by atoms with E-state index in [-0.39, 0.29) is 18.4 Å². The van der Waals surface area contributed by atoms with Crippen LogP contribution < -0.4 is 10.9 Å². The number of carbonyl (C=O) groups is 2. The summed E-state index contributed by atoms with van der Waals surface area (Å²) in [4.78, 5) is 27.9. The topological polar surface area (TPSA) is 95.6 Å². The fourth-order valence-electron chi connectivity index (χ4n) is 4.15. The molecular weight excluding hydrogens is 454 g/mol. The molecule has 2 N–H and O–H groups in total. The molecule has 31 heavy (non-hydrogen) atoms. The molecule has 0 aromatic carbocycles. The van der Waals surface area contributed by atoms with E-state index in [0.717, 1.165) is 24.1 Å². The molecule has 1 aliphatic heterocycles. The zero-order valence-electron chi connectivity index (χ0n) is 17.6. The lowest BCUT2D eigenvalue weighted by molar-refractivity contribution is -0.126. The molecular formula is C21H27N3O4S3. The van der Waals surface area contributed by atoms with Gasteiger partial charge in [0.2, 0.25) is 5.91 Å². The van der Waals surface area contributed by atoms with Crippen LogP contribution in [0.25, 0.3) is 0 Å². The molecule has 0 unspecified atom stereocenters. The number of hydrogen-bond acceptors (Lipinski definition) is 6. The minimum Gasteiger partial charge on any atom is -0.273 e. The van der Waals surface area contributed by atoms with Crippen molar-refractivity contribution in [1.82, 2.24) is 15.2 Å². The number of hydrogen-bond donors (Lipinski definition) is 2. The molecule has 2 aromatic rings. The number of amides is 2. The molecule has 2 atom stereocenters. The molecule has 0 saturated carbocycles. The van der Waals surface area contributed by atoms with E-state index in [0.29, 0.717) is 34.4 Å². The second-order valence-electron chi connectivity index (χ2n) is 8.42. The lowest BCUT2D eigenvalue weighted by atomic mass is 9.90. The summed E-state index contributed by atoms with van der Waals surface area (Å²) in [5, 5.41) is 0. The lowest BCUT2D eigenvalue weighted by Crippen LogP contribution is -2.49. The number of nitrogens with zero attached hydrogens (tertiary/aromatic N) is 1. The second-order valence-corrected chi connectivity index (χ2v) is 13.0. The van der Waals surface area contributed by atoms with Crippen molar-refractivity contribution in [3.8, 4) is 0 Å². The van der Waals surface area contributed by atoms with Gasteiger partial charge in [0, 0.05) is 22.8 Å². The van der Waals surface area contributed by atoms with Gasteiger partial charge in [-0.25, -0.2) is 8.42 Å². The summed E-state index contributed by atoms with van der Waals surface area (Å²) in [5.74, 6) is -0.552. The summed E-state index contributed by atoms with van der Waals surface area (Å²) < 4.78 is 27.4. The molecule has 2 aromatic heterocycles. The molecule has 10 heteroatoms. The van der Waals surface area contributed by atoms with Gasteiger partial charge in [0.1, 0.15) is 4.21 Å². The highest BCUT2D eigenvalue weighted by Gasteiger charge is 2.34. The number of piperidine rings is 1. The summed E-state index contributed by atoms with van der Waals surface area (Å²) in [5.41, 5.74) is 6.25. The molecule has 0 bridgehead atoms. The summed E-state index contributed by atoms with van der Waals surface area (Å²) in [6.07, 6.45) is 4.31. The van der Waals surface area contributed by atoms with E-state index in [1.54, 1.807) is 12.1 Å². The third-order valence-corrected chi connectivity index (χ3v) is 10.5. The Hall–Kier alpha value is -1.75. The molecule has 168 valence electrons. The van der Waals surface area contributed by atoms with Crippen LogP contribution >= 0.6 is 22.7 Å². The second kappa shape index (κ2) is 9.01. The van der Waals surface area contributed by atoms with Crippen molar-refractivity contribution in [3.05, 3.63) is 38.4 Å². The first-order valence-corrected chi connectivity index (χ1v) is 13.6. The van der Waals surface area contributed by atoms with Crippen LogP contribution in [0.3, 0.4) is 0 Å². The quantitative estimate of drug-likeness (QED) is 0.656. The Labute approximate surface area is 190 Å². The Morgan fingerprint density at radius 1 is 1.16 bits per heavy atom. The predicted molar refractivity (Wildman–Crippen MR) is 122 cm³/mol. The lowest BCUT2D eigenvalue weighted by Gasteiger charge is -2.30. The molecule has 0 spiro atoms. The van der Waals surface area contributed by atoms with Gasteiger partial charge in [0.15, 0.2) is 0 Å². The molecule has 1 aliphatic carbocycles. The molecule has 0 radical (unpaired) electrons. The van der Waals surface area contributed by atoms with Crippen LogP contribution in [0, 0.1) is 18.8 Å². The van der Waals surface area contributed by atoms with Crippen molar-refractivity contribution < 1.29 is 18.0 Å². The van der Waals surface area contributed by atoms with Crippen LogP contribution in [-0.2, 0) is 27.7 Å². The number of hydrazine groups is 1. The van der Waals surface area contributed by atoms with Crippen molar-refractivity contribution in [1.29, 1.82) is 0 Å². The monoisotopic (exact) mass is 481 g/mol. The van der Waals surface area contributed by atoms with Crippen molar-refractivity contribution in [2.24, 2.45) is 11.8 Å². The van der Waals surface area contributed by atoms with Crippen LogP contribution in [0.5, 0.6) is 0 Å². The molecule has 7 nitrogen and oxygen atoms in total. The number of fused-ring (bicyclic) bond motifs is 1. The Morgan fingerprint density at radius 2 is 1.97 bits per heavy atom. The summed E-state index contributed by atoms with van der Waals surface area (Å²) in [7, 11) is -3.60. The maximum Gasteiger partial charge on any atom is 0.279 e. The van der Waals surface area contributed by atoms with Crippen LogP contribution in [-0.4, -0.2) is 37.6 Å². The fraction of sp³-hybridized carbons (Fsp3) is 0.524. The van der Waals surface area contributed by atoms with E-state index in [1.807, 2.05) is 13.0 Å². The summed E-state index contributed by atoms with van der Waals surface area (Å²) in [6.45, 7) is 4.60. The van der Waals surface area contributed by atoms with E-state index in [1.165, 1.54) is 37.4 Å². The van der Waals surface area contributed by atoms with E-state index in [2.05, 4.69) is 17.8 Å². The highest BCUT2D eigenvalue weighted by Crippen LogP contribution is 2.32. The summed E-state index contributed by atoms with van der Waals surface area (Å²) in [6, 6.07) is 5.32. The Kier molecular flexibility index (Phi) is 6.52. The van der Waals surface area contributed by atoms with Crippen LogP contribution in [0.1, 0.15) is 51.2 Å². The number of rotatable bonds is 4. The van der Waals surface area contributed by atoms with Crippen LogP contribution in [0.2, 0.25) is 0 Å². The maximum absolute atomic E-state index is 12.9. The molecule has 2 amide bonds. The SMILES string of the molecule is Cc1ccc(S(=O)(=O)N2CCC[C@@H](C(=O)NNC(=O)c3cc4c(s3)CC[C@H](C)C4)C2)s1. The zero-order chi connectivity index (χ0) is 22.2. The molecule has 2 aliphatic rings. The van der Waals surface area contributed by atoms with Crippen molar-refractivity contribution in [2.75, 3.05) is 13.1 Å². The van der Waals surface area contributed by atoms with E-state index in [9.17, 15) is 18.0 Å². The number of aryl methyl sites for hydroxylation is 2. The zero-order valence-corrected chi connectivity index (χ0v) is 20.1. The fourth-order valence-corrected chi connectivity index (χ4v) is 8.22. The van der Waals surface area contributed by atoms with Gasteiger partial charge in [0.05, 0.1) is 10.8 Å². The number of carbonyl (C=O) groups excluding carboxylic acids is 2. The normalized spacial score (nSPS) is 22.0. The molecule has 1 fully saturated rings.